The second-order valence-electron chi connectivity index (χ2n) is 12.3. The van der Waals surface area contributed by atoms with Gasteiger partial charge >= 0.3 is 6.01 Å². The summed E-state index contributed by atoms with van der Waals surface area (Å²) in [5, 5.41) is 4.39. The second kappa shape index (κ2) is 9.65. The molecule has 4 aliphatic heterocycles. The molecule has 1 spiro atoms. The molecular formula is C30H32F3N7OS. The number of halogens is 3. The quantitative estimate of drug-likeness (QED) is 0.331. The molecule has 42 heavy (non-hydrogen) atoms. The first-order chi connectivity index (χ1) is 20.3. The first kappa shape index (κ1) is 26.4. The van der Waals surface area contributed by atoms with Crippen molar-refractivity contribution in [2.45, 2.75) is 55.8 Å². The molecule has 0 amide bonds. The van der Waals surface area contributed by atoms with Crippen molar-refractivity contribution in [2.75, 3.05) is 50.0 Å². The van der Waals surface area contributed by atoms with Gasteiger partial charge < -0.3 is 20.7 Å². The maximum Gasteiger partial charge on any atom is 0.319 e. The molecule has 0 aliphatic carbocycles. The molecule has 12 heteroatoms. The number of hydrogen-bond donors (Lipinski definition) is 2. The monoisotopic (exact) mass is 595 g/mol. The first-order valence-corrected chi connectivity index (χ1v) is 15.5. The van der Waals surface area contributed by atoms with E-state index in [0.717, 1.165) is 63.2 Å². The van der Waals surface area contributed by atoms with Crippen LogP contribution in [0.5, 0.6) is 6.01 Å². The third kappa shape index (κ3) is 4.13. The summed E-state index contributed by atoms with van der Waals surface area (Å²) < 4.78 is 52.0. The number of aromatic nitrogens is 3. The largest absolute Gasteiger partial charge is 0.461 e. The molecule has 8 rings (SSSR count). The Balaban J connectivity index is 1.21. The van der Waals surface area contributed by atoms with Crippen molar-refractivity contribution < 1.29 is 17.9 Å². The highest BCUT2D eigenvalue weighted by atomic mass is 32.1. The van der Waals surface area contributed by atoms with Gasteiger partial charge in [-0.3, -0.25) is 4.90 Å². The molecule has 4 aliphatic rings. The van der Waals surface area contributed by atoms with Crippen LogP contribution in [0.4, 0.5) is 24.1 Å². The minimum atomic E-state index is -0.880. The van der Waals surface area contributed by atoms with E-state index < -0.39 is 17.8 Å². The predicted molar refractivity (Wildman–Crippen MR) is 158 cm³/mol. The molecule has 2 aromatic carbocycles. The third-order valence-electron chi connectivity index (χ3n) is 9.92. The van der Waals surface area contributed by atoms with E-state index in [9.17, 15) is 8.78 Å². The number of ether oxygens (including phenoxy) is 1. The number of nitrogen functional groups attached to an aromatic ring is 1. The SMILES string of the molecule is Nc1nc2c(-c3ccc4c(N5CCC6(CCN6)CC5)nc(OC[C@@]56CCCN5C[C@H](F)C6)nc4c3F)ccc(F)c2s1. The Hall–Kier alpha value is -3.22. The van der Waals surface area contributed by atoms with E-state index in [2.05, 4.69) is 25.1 Å². The van der Waals surface area contributed by atoms with Crippen LogP contribution in [0, 0.1) is 11.6 Å². The van der Waals surface area contributed by atoms with E-state index in [0.29, 0.717) is 35.2 Å². The first-order valence-electron chi connectivity index (χ1n) is 14.7. The lowest BCUT2D eigenvalue weighted by Gasteiger charge is -2.49. The van der Waals surface area contributed by atoms with Crippen LogP contribution < -0.4 is 20.7 Å². The summed E-state index contributed by atoms with van der Waals surface area (Å²) in [4.78, 5) is 18.1. The highest BCUT2D eigenvalue weighted by Gasteiger charge is 2.49. The van der Waals surface area contributed by atoms with Crippen molar-refractivity contribution in [3.05, 3.63) is 35.9 Å². The topological polar surface area (TPSA) is 92.4 Å². The molecule has 4 aromatic rings. The van der Waals surface area contributed by atoms with Gasteiger partial charge in [0.15, 0.2) is 10.9 Å². The van der Waals surface area contributed by atoms with Crippen LogP contribution in [0.15, 0.2) is 24.3 Å². The molecule has 6 heterocycles. The summed E-state index contributed by atoms with van der Waals surface area (Å²) in [6.07, 6.45) is 4.51. The molecule has 4 fully saturated rings. The Morgan fingerprint density at radius 3 is 2.60 bits per heavy atom. The number of fused-ring (bicyclic) bond motifs is 3. The van der Waals surface area contributed by atoms with E-state index in [1.807, 2.05) is 6.07 Å². The van der Waals surface area contributed by atoms with Crippen LogP contribution in [-0.4, -0.2) is 76.4 Å². The van der Waals surface area contributed by atoms with Gasteiger partial charge in [-0.2, -0.15) is 9.97 Å². The van der Waals surface area contributed by atoms with Crippen molar-refractivity contribution in [1.82, 2.24) is 25.2 Å². The Morgan fingerprint density at radius 1 is 1.00 bits per heavy atom. The van der Waals surface area contributed by atoms with Crippen LogP contribution in [0.25, 0.3) is 32.2 Å². The number of nitrogens with zero attached hydrogens (tertiary/aromatic N) is 5. The molecule has 0 unspecified atom stereocenters. The lowest BCUT2D eigenvalue weighted by Crippen LogP contribution is -2.62. The molecule has 0 bridgehead atoms. The van der Waals surface area contributed by atoms with Crippen LogP contribution in [0.2, 0.25) is 0 Å². The van der Waals surface area contributed by atoms with Crippen molar-refractivity contribution >= 4 is 43.4 Å². The van der Waals surface area contributed by atoms with Crippen LogP contribution in [-0.2, 0) is 0 Å². The predicted octanol–water partition coefficient (Wildman–Crippen LogP) is 5.05. The minimum absolute atomic E-state index is 0.0845. The van der Waals surface area contributed by atoms with Gasteiger partial charge in [-0.1, -0.05) is 17.4 Å². The molecular weight excluding hydrogens is 563 g/mol. The molecule has 2 atom stereocenters. The lowest BCUT2D eigenvalue weighted by atomic mass is 9.79. The van der Waals surface area contributed by atoms with E-state index >= 15 is 4.39 Å². The van der Waals surface area contributed by atoms with Crippen molar-refractivity contribution in [1.29, 1.82) is 0 Å². The fraction of sp³-hybridized carbons (Fsp3) is 0.500. The number of thiazole rings is 1. The number of benzene rings is 2. The van der Waals surface area contributed by atoms with Gasteiger partial charge in [0.2, 0.25) is 0 Å². The Morgan fingerprint density at radius 2 is 1.81 bits per heavy atom. The van der Waals surface area contributed by atoms with Crippen LogP contribution >= 0.6 is 11.3 Å². The number of nitrogens with two attached hydrogens (primary N) is 1. The summed E-state index contributed by atoms with van der Waals surface area (Å²) in [7, 11) is 0. The minimum Gasteiger partial charge on any atom is -0.461 e. The summed E-state index contributed by atoms with van der Waals surface area (Å²) >= 11 is 1.03. The average molecular weight is 596 g/mol. The van der Waals surface area contributed by atoms with Gasteiger partial charge in [0.1, 0.15) is 29.9 Å². The van der Waals surface area contributed by atoms with E-state index in [1.54, 1.807) is 6.07 Å². The Kier molecular flexibility index (Phi) is 6.07. The zero-order valence-electron chi connectivity index (χ0n) is 23.1. The number of nitrogens with one attached hydrogen (secondary N) is 1. The number of rotatable bonds is 5. The van der Waals surface area contributed by atoms with Crippen molar-refractivity contribution in [2.24, 2.45) is 0 Å². The molecule has 8 nitrogen and oxygen atoms in total. The van der Waals surface area contributed by atoms with Gasteiger partial charge in [0, 0.05) is 48.1 Å². The maximum atomic E-state index is 16.5. The zero-order valence-corrected chi connectivity index (χ0v) is 24.0. The third-order valence-corrected chi connectivity index (χ3v) is 10.8. The van der Waals surface area contributed by atoms with E-state index in [-0.39, 0.29) is 44.6 Å². The van der Waals surface area contributed by atoms with Gasteiger partial charge in [0.05, 0.1) is 15.8 Å². The van der Waals surface area contributed by atoms with Gasteiger partial charge in [-0.05, 0) is 63.4 Å². The lowest BCUT2D eigenvalue weighted by molar-refractivity contribution is 0.107. The maximum absolute atomic E-state index is 16.5. The second-order valence-corrected chi connectivity index (χ2v) is 13.3. The molecule has 220 valence electrons. The fourth-order valence-corrected chi connectivity index (χ4v) is 8.31. The van der Waals surface area contributed by atoms with Crippen LogP contribution in [0.1, 0.15) is 38.5 Å². The Bertz CT molecular complexity index is 1700. The summed E-state index contributed by atoms with van der Waals surface area (Å²) in [6, 6.07) is 6.43. The molecule has 3 N–H and O–H groups in total. The smallest absolute Gasteiger partial charge is 0.319 e. The highest BCUT2D eigenvalue weighted by Crippen LogP contribution is 2.42. The van der Waals surface area contributed by atoms with E-state index in [1.165, 1.54) is 18.6 Å². The summed E-state index contributed by atoms with van der Waals surface area (Å²) in [5.74, 6) is -0.372. The molecule has 0 saturated carbocycles. The van der Waals surface area contributed by atoms with Crippen LogP contribution in [0.3, 0.4) is 0 Å². The number of anilines is 2. The van der Waals surface area contributed by atoms with E-state index in [4.69, 9.17) is 15.5 Å². The van der Waals surface area contributed by atoms with Crippen molar-refractivity contribution in [3.63, 3.8) is 0 Å². The average Bonchev–Trinajstić information content (AvgIpc) is 3.63. The number of hydrogen-bond acceptors (Lipinski definition) is 9. The molecule has 2 aromatic heterocycles. The Labute approximate surface area is 245 Å². The number of piperidine rings is 1. The number of alkyl halides is 1. The van der Waals surface area contributed by atoms with Gasteiger partial charge in [-0.25, -0.2) is 18.2 Å². The summed E-state index contributed by atoms with van der Waals surface area (Å²) in [5.41, 5.74) is 6.85. The normalized spacial score (nSPS) is 25.4. The van der Waals surface area contributed by atoms with Crippen molar-refractivity contribution in [3.8, 4) is 17.1 Å². The molecule has 0 radical (unpaired) electrons. The fourth-order valence-electron chi connectivity index (χ4n) is 7.55. The summed E-state index contributed by atoms with van der Waals surface area (Å²) in [6.45, 7) is 4.12. The van der Waals surface area contributed by atoms with Gasteiger partial charge in [-0.15, -0.1) is 0 Å². The standard InChI is InChI=1S/C30H32F3N7OS/c31-17-14-30(6-1-11-40(30)15-17)16-41-28-37-23-20(26(38-28)39-12-8-29(9-13-39)7-10-35-29)3-2-18(22(23)33)19-4-5-21(32)25-24(19)36-27(34)42-25/h2-5,17,35H,1,6-16H2,(H2,34,36)/t17-,30+/m1/s1. The highest BCUT2D eigenvalue weighted by molar-refractivity contribution is 7.22. The molecule has 4 saturated heterocycles. The van der Waals surface area contributed by atoms with Gasteiger partial charge in [0.25, 0.3) is 0 Å². The zero-order chi connectivity index (χ0) is 28.6.